The average molecular weight is 450 g/mol. The standard InChI is InChI=1S/C26H31N3O4/c1-16-13-19(17-9-11-29(12-10-17)25(30)33-26(2,3)4)14-20-23(16)28-24(27-20)18-7-8-21(31-5)22(15-18)32-6/h7-9,13-15H,10-12H2,1-6H3,(H,27,28). The Balaban J connectivity index is 1.60. The SMILES string of the molecule is COc1ccc(-c2nc3c(C)cc(C4=CCN(C(=O)OC(C)(C)C)CC4)cc3[nH]2)cc1OC. The van der Waals surface area contributed by atoms with Gasteiger partial charge in [-0.2, -0.15) is 0 Å². The van der Waals surface area contributed by atoms with Gasteiger partial charge in [-0.15, -0.1) is 0 Å². The number of benzene rings is 2. The Labute approximate surface area is 194 Å². The van der Waals surface area contributed by atoms with Crippen molar-refractivity contribution in [1.29, 1.82) is 0 Å². The number of methoxy groups -OCH3 is 2. The molecule has 3 aromatic rings. The van der Waals surface area contributed by atoms with Gasteiger partial charge in [-0.1, -0.05) is 6.08 Å². The Kier molecular flexibility index (Phi) is 6.06. The topological polar surface area (TPSA) is 76.7 Å². The number of amides is 1. The van der Waals surface area contributed by atoms with Crippen molar-refractivity contribution in [1.82, 2.24) is 14.9 Å². The predicted octanol–water partition coefficient (Wildman–Crippen LogP) is 5.58. The van der Waals surface area contributed by atoms with E-state index in [2.05, 4.69) is 30.1 Å². The number of rotatable bonds is 4. The zero-order valence-corrected chi connectivity index (χ0v) is 20.1. The molecule has 0 saturated carbocycles. The number of nitrogens with zero attached hydrogens (tertiary/aromatic N) is 2. The number of fused-ring (bicyclic) bond motifs is 1. The monoisotopic (exact) mass is 449 g/mol. The van der Waals surface area contributed by atoms with Gasteiger partial charge in [0, 0.05) is 18.7 Å². The molecule has 0 aliphatic carbocycles. The molecule has 1 N–H and O–H groups in total. The number of imidazole rings is 1. The highest BCUT2D eigenvalue weighted by molar-refractivity contribution is 5.87. The minimum absolute atomic E-state index is 0.266. The van der Waals surface area contributed by atoms with E-state index in [1.807, 2.05) is 39.0 Å². The summed E-state index contributed by atoms with van der Waals surface area (Å²) in [7, 11) is 3.24. The maximum Gasteiger partial charge on any atom is 0.410 e. The number of hydrogen-bond acceptors (Lipinski definition) is 5. The molecule has 174 valence electrons. The summed E-state index contributed by atoms with van der Waals surface area (Å²) in [5, 5.41) is 0. The van der Waals surface area contributed by atoms with Gasteiger partial charge in [-0.05, 0) is 81.1 Å². The van der Waals surface area contributed by atoms with Crippen LogP contribution in [0.15, 0.2) is 36.4 Å². The van der Waals surface area contributed by atoms with Gasteiger partial charge in [0.15, 0.2) is 11.5 Å². The molecule has 0 bridgehead atoms. The number of ether oxygens (including phenoxy) is 3. The van der Waals surface area contributed by atoms with E-state index in [9.17, 15) is 4.79 Å². The lowest BCUT2D eigenvalue weighted by Gasteiger charge is -2.29. The second-order valence-electron chi connectivity index (χ2n) is 9.25. The van der Waals surface area contributed by atoms with E-state index in [0.717, 1.165) is 40.0 Å². The number of carbonyl (C=O) groups is 1. The Hall–Kier alpha value is -3.48. The van der Waals surface area contributed by atoms with Gasteiger partial charge in [0.05, 0.1) is 25.3 Å². The molecule has 0 spiro atoms. The molecule has 1 aliphatic heterocycles. The zero-order valence-electron chi connectivity index (χ0n) is 20.1. The van der Waals surface area contributed by atoms with Crippen LogP contribution in [0.5, 0.6) is 11.5 Å². The fourth-order valence-corrected chi connectivity index (χ4v) is 4.02. The first kappa shape index (κ1) is 22.7. The van der Waals surface area contributed by atoms with E-state index in [1.165, 1.54) is 5.57 Å². The third kappa shape index (κ3) is 4.82. The van der Waals surface area contributed by atoms with E-state index in [-0.39, 0.29) is 6.09 Å². The summed E-state index contributed by atoms with van der Waals surface area (Å²) in [4.78, 5) is 22.4. The van der Waals surface area contributed by atoms with Gasteiger partial charge in [0.1, 0.15) is 11.4 Å². The molecular formula is C26H31N3O4. The van der Waals surface area contributed by atoms with Crippen LogP contribution in [0.4, 0.5) is 4.79 Å². The lowest BCUT2D eigenvalue weighted by molar-refractivity contribution is 0.0270. The Bertz CT molecular complexity index is 1220. The molecular weight excluding hydrogens is 418 g/mol. The summed E-state index contributed by atoms with van der Waals surface area (Å²) in [6.07, 6.45) is 2.62. The van der Waals surface area contributed by atoms with Crippen molar-refractivity contribution in [2.75, 3.05) is 27.3 Å². The molecule has 1 aromatic heterocycles. The number of H-pyrrole nitrogens is 1. The average Bonchev–Trinajstić information content (AvgIpc) is 3.22. The van der Waals surface area contributed by atoms with Crippen molar-refractivity contribution in [2.45, 2.75) is 39.7 Å². The maximum atomic E-state index is 12.4. The summed E-state index contributed by atoms with van der Waals surface area (Å²) in [5.74, 6) is 2.12. The smallest absolute Gasteiger partial charge is 0.410 e. The van der Waals surface area contributed by atoms with E-state index in [1.54, 1.807) is 19.1 Å². The van der Waals surface area contributed by atoms with Crippen molar-refractivity contribution in [3.63, 3.8) is 0 Å². The van der Waals surface area contributed by atoms with Crippen LogP contribution in [0.2, 0.25) is 0 Å². The minimum atomic E-state index is -0.491. The van der Waals surface area contributed by atoms with Crippen LogP contribution < -0.4 is 9.47 Å². The number of aryl methyl sites for hydroxylation is 1. The molecule has 0 atom stereocenters. The molecule has 4 rings (SSSR count). The summed E-state index contributed by atoms with van der Waals surface area (Å²) in [5.41, 5.74) is 5.82. The number of hydrogen-bond donors (Lipinski definition) is 1. The lowest BCUT2D eigenvalue weighted by Crippen LogP contribution is -2.39. The van der Waals surface area contributed by atoms with E-state index < -0.39 is 5.60 Å². The first-order valence-electron chi connectivity index (χ1n) is 11.1. The summed E-state index contributed by atoms with van der Waals surface area (Å²) in [6.45, 7) is 8.90. The maximum absolute atomic E-state index is 12.4. The molecule has 33 heavy (non-hydrogen) atoms. The van der Waals surface area contributed by atoms with Gasteiger partial charge < -0.3 is 24.1 Å². The summed E-state index contributed by atoms with van der Waals surface area (Å²) < 4.78 is 16.3. The molecule has 7 nitrogen and oxygen atoms in total. The zero-order chi connectivity index (χ0) is 23.8. The third-order valence-electron chi connectivity index (χ3n) is 5.67. The predicted molar refractivity (Wildman–Crippen MR) is 130 cm³/mol. The Morgan fingerprint density at radius 3 is 2.45 bits per heavy atom. The highest BCUT2D eigenvalue weighted by Gasteiger charge is 2.24. The Morgan fingerprint density at radius 2 is 1.82 bits per heavy atom. The highest BCUT2D eigenvalue weighted by atomic mass is 16.6. The molecule has 0 radical (unpaired) electrons. The molecule has 0 unspecified atom stereocenters. The van der Waals surface area contributed by atoms with Crippen LogP contribution >= 0.6 is 0 Å². The fourth-order valence-electron chi connectivity index (χ4n) is 4.02. The first-order valence-corrected chi connectivity index (χ1v) is 11.1. The van der Waals surface area contributed by atoms with Gasteiger partial charge in [-0.3, -0.25) is 0 Å². The number of aromatic amines is 1. The molecule has 2 heterocycles. The second kappa shape index (κ2) is 8.81. The highest BCUT2D eigenvalue weighted by Crippen LogP contribution is 2.33. The number of carbonyl (C=O) groups excluding carboxylic acids is 1. The van der Waals surface area contributed by atoms with E-state index in [4.69, 9.17) is 19.2 Å². The van der Waals surface area contributed by atoms with Crippen LogP contribution in [-0.4, -0.2) is 53.9 Å². The van der Waals surface area contributed by atoms with Crippen molar-refractivity contribution in [3.8, 4) is 22.9 Å². The van der Waals surface area contributed by atoms with Gasteiger partial charge in [0.2, 0.25) is 0 Å². The minimum Gasteiger partial charge on any atom is -0.493 e. The van der Waals surface area contributed by atoms with Crippen LogP contribution in [-0.2, 0) is 4.74 Å². The molecule has 7 heteroatoms. The molecule has 1 aliphatic rings. The summed E-state index contributed by atoms with van der Waals surface area (Å²) >= 11 is 0. The van der Waals surface area contributed by atoms with E-state index >= 15 is 0 Å². The number of nitrogens with one attached hydrogen (secondary N) is 1. The van der Waals surface area contributed by atoms with Gasteiger partial charge >= 0.3 is 6.09 Å². The van der Waals surface area contributed by atoms with Crippen molar-refractivity contribution >= 4 is 22.7 Å². The largest absolute Gasteiger partial charge is 0.493 e. The normalized spacial score (nSPS) is 14.2. The van der Waals surface area contributed by atoms with Crippen molar-refractivity contribution in [2.24, 2.45) is 0 Å². The fraction of sp³-hybridized carbons (Fsp3) is 0.385. The summed E-state index contributed by atoms with van der Waals surface area (Å²) in [6, 6.07) is 10.1. The molecule has 0 saturated heterocycles. The molecule has 0 fully saturated rings. The van der Waals surface area contributed by atoms with Crippen molar-refractivity contribution < 1.29 is 19.0 Å². The van der Waals surface area contributed by atoms with Crippen LogP contribution in [0.25, 0.3) is 28.0 Å². The van der Waals surface area contributed by atoms with Gasteiger partial charge in [-0.25, -0.2) is 9.78 Å². The molecule has 1 amide bonds. The number of aromatic nitrogens is 2. The second-order valence-corrected chi connectivity index (χ2v) is 9.25. The molecule has 2 aromatic carbocycles. The van der Waals surface area contributed by atoms with Crippen molar-refractivity contribution in [3.05, 3.63) is 47.5 Å². The lowest BCUT2D eigenvalue weighted by atomic mass is 9.97. The quantitative estimate of drug-likeness (QED) is 0.563. The van der Waals surface area contributed by atoms with Crippen LogP contribution in [0.3, 0.4) is 0 Å². The van der Waals surface area contributed by atoms with Crippen LogP contribution in [0, 0.1) is 6.92 Å². The Morgan fingerprint density at radius 1 is 1.06 bits per heavy atom. The van der Waals surface area contributed by atoms with E-state index in [0.29, 0.717) is 24.6 Å². The third-order valence-corrected chi connectivity index (χ3v) is 5.67. The van der Waals surface area contributed by atoms with Gasteiger partial charge in [0.25, 0.3) is 0 Å². The first-order chi connectivity index (χ1) is 15.7. The van der Waals surface area contributed by atoms with Crippen LogP contribution in [0.1, 0.15) is 38.3 Å².